The van der Waals surface area contributed by atoms with Gasteiger partial charge in [-0.3, -0.25) is 19.0 Å². The van der Waals surface area contributed by atoms with Gasteiger partial charge in [-0.2, -0.15) is 0 Å². The second kappa shape index (κ2) is 6.90. The van der Waals surface area contributed by atoms with Gasteiger partial charge >= 0.3 is 0 Å². The third kappa shape index (κ3) is 3.03. The molecule has 0 aliphatic carbocycles. The van der Waals surface area contributed by atoms with Gasteiger partial charge in [-0.25, -0.2) is 9.37 Å². The van der Waals surface area contributed by atoms with Crippen LogP contribution in [0.4, 0.5) is 4.39 Å². The average Bonchev–Trinajstić information content (AvgIpc) is 2.72. The first kappa shape index (κ1) is 18.7. The Morgan fingerprint density at radius 2 is 2.00 bits per heavy atom. The maximum Gasteiger partial charge on any atom is 0.261 e. The number of aryl methyl sites for hydroxylation is 1. The van der Waals surface area contributed by atoms with Crippen LogP contribution in [0.2, 0.25) is 0 Å². The molecule has 2 aliphatic rings. The molecule has 8 heteroatoms. The van der Waals surface area contributed by atoms with Gasteiger partial charge in [-0.05, 0) is 43.5 Å². The van der Waals surface area contributed by atoms with Crippen molar-refractivity contribution >= 4 is 16.8 Å². The number of pyridine rings is 1. The minimum atomic E-state index is -0.513. The number of halogens is 1. The van der Waals surface area contributed by atoms with E-state index in [9.17, 15) is 18.8 Å². The first-order chi connectivity index (χ1) is 14.4. The Bertz CT molecular complexity index is 1300. The van der Waals surface area contributed by atoms with E-state index in [1.54, 1.807) is 24.0 Å². The van der Waals surface area contributed by atoms with E-state index in [1.807, 2.05) is 10.6 Å². The summed E-state index contributed by atoms with van der Waals surface area (Å²) in [5, 5.41) is 0.164. The fourth-order valence-electron chi connectivity index (χ4n) is 4.83. The van der Waals surface area contributed by atoms with Crippen molar-refractivity contribution in [3.63, 3.8) is 0 Å². The van der Waals surface area contributed by atoms with Gasteiger partial charge in [0.25, 0.3) is 11.1 Å². The Morgan fingerprint density at radius 3 is 2.83 bits per heavy atom. The number of benzene rings is 1. The van der Waals surface area contributed by atoms with Crippen LogP contribution in [0.1, 0.15) is 23.9 Å². The highest BCUT2D eigenvalue weighted by Crippen LogP contribution is 2.35. The number of carbonyl (C=O) groups is 1. The summed E-state index contributed by atoms with van der Waals surface area (Å²) in [5.74, 6) is 0.0561. The molecular formula is C22H21FN4O3. The van der Waals surface area contributed by atoms with Crippen LogP contribution in [-0.4, -0.2) is 38.0 Å². The molecule has 1 saturated heterocycles. The van der Waals surface area contributed by atoms with Gasteiger partial charge in [0.15, 0.2) is 0 Å². The number of hydrogen-bond donors (Lipinski definition) is 0. The van der Waals surface area contributed by atoms with E-state index in [1.165, 1.54) is 16.7 Å². The Labute approximate surface area is 171 Å². The molecule has 3 aromatic rings. The predicted molar refractivity (Wildman–Crippen MR) is 109 cm³/mol. The van der Waals surface area contributed by atoms with Gasteiger partial charge in [-0.1, -0.05) is 6.07 Å². The van der Waals surface area contributed by atoms with E-state index < -0.39 is 11.4 Å². The Hall–Kier alpha value is -3.29. The largest absolute Gasteiger partial charge is 0.340 e. The number of hydrogen-bond acceptors (Lipinski definition) is 4. The molecule has 0 saturated carbocycles. The number of piperidine rings is 1. The number of rotatable bonds is 2. The zero-order valence-corrected chi connectivity index (χ0v) is 16.5. The minimum Gasteiger partial charge on any atom is -0.340 e. The van der Waals surface area contributed by atoms with E-state index in [2.05, 4.69) is 4.98 Å². The molecule has 2 aliphatic heterocycles. The topological polar surface area (TPSA) is 77.2 Å². The monoisotopic (exact) mass is 408 g/mol. The van der Waals surface area contributed by atoms with E-state index in [0.29, 0.717) is 31.0 Å². The van der Waals surface area contributed by atoms with Gasteiger partial charge in [-0.15, -0.1) is 0 Å². The predicted octanol–water partition coefficient (Wildman–Crippen LogP) is 1.65. The summed E-state index contributed by atoms with van der Waals surface area (Å²) in [7, 11) is 0. The van der Waals surface area contributed by atoms with Crippen molar-refractivity contribution in [1.29, 1.82) is 0 Å². The van der Waals surface area contributed by atoms with Crippen LogP contribution in [-0.2, 0) is 17.9 Å². The highest BCUT2D eigenvalue weighted by Gasteiger charge is 2.36. The van der Waals surface area contributed by atoms with Crippen LogP contribution in [0.3, 0.4) is 0 Å². The number of aromatic nitrogens is 3. The summed E-state index contributed by atoms with van der Waals surface area (Å²) in [6.07, 6.45) is 0.947. The van der Waals surface area contributed by atoms with E-state index in [-0.39, 0.29) is 35.2 Å². The summed E-state index contributed by atoms with van der Waals surface area (Å²) in [6, 6.07) is 9.17. The molecule has 0 unspecified atom stereocenters. The van der Waals surface area contributed by atoms with Crippen molar-refractivity contribution < 1.29 is 9.18 Å². The van der Waals surface area contributed by atoms with Gasteiger partial charge in [0.1, 0.15) is 18.2 Å². The van der Waals surface area contributed by atoms with Gasteiger partial charge in [0, 0.05) is 37.3 Å². The highest BCUT2D eigenvalue weighted by atomic mass is 19.1. The molecule has 0 radical (unpaired) electrons. The molecule has 1 aromatic carbocycles. The summed E-state index contributed by atoms with van der Waals surface area (Å²) in [6.45, 7) is 3.21. The molecule has 5 rings (SSSR count). The fraction of sp³-hybridized carbons (Fsp3) is 0.364. The average molecular weight is 408 g/mol. The summed E-state index contributed by atoms with van der Waals surface area (Å²) < 4.78 is 16.7. The van der Waals surface area contributed by atoms with Crippen molar-refractivity contribution in [2.75, 3.05) is 13.1 Å². The highest BCUT2D eigenvalue weighted by molar-refractivity contribution is 5.79. The second-order valence-corrected chi connectivity index (χ2v) is 8.21. The Morgan fingerprint density at radius 1 is 1.17 bits per heavy atom. The fourth-order valence-corrected chi connectivity index (χ4v) is 4.83. The lowest BCUT2D eigenvalue weighted by Crippen LogP contribution is -2.50. The SMILES string of the molecule is Cc1nc2ccc(F)cc2c(=O)n1CC(=O)N1C[C@@H]2C[C@H](C1)c1cccc(=O)n1C2. The Kier molecular flexibility index (Phi) is 4.30. The van der Waals surface area contributed by atoms with Crippen molar-refractivity contribution in [2.24, 2.45) is 5.92 Å². The lowest BCUT2D eigenvalue weighted by molar-refractivity contribution is -0.134. The van der Waals surface area contributed by atoms with Crippen LogP contribution in [0.15, 0.2) is 46.0 Å². The van der Waals surface area contributed by atoms with Gasteiger partial charge in [0.2, 0.25) is 5.91 Å². The third-order valence-corrected chi connectivity index (χ3v) is 6.23. The summed E-state index contributed by atoms with van der Waals surface area (Å²) in [4.78, 5) is 44.3. The minimum absolute atomic E-state index is 0.00127. The standard InChI is InChI=1S/C22H21FN4O3/c1-13-24-18-6-5-16(23)8-17(18)22(30)26(13)12-21(29)25-9-14-7-15(11-25)19-3-2-4-20(28)27(19)10-14/h2-6,8,14-15H,7,9-12H2,1H3/t14-,15+/m0/s1. The summed E-state index contributed by atoms with van der Waals surface area (Å²) in [5.41, 5.74) is 0.961. The lowest BCUT2D eigenvalue weighted by Gasteiger charge is -2.42. The third-order valence-electron chi connectivity index (χ3n) is 6.23. The molecule has 0 spiro atoms. The molecule has 7 nitrogen and oxygen atoms in total. The number of carbonyl (C=O) groups excluding carboxylic acids is 1. The first-order valence-corrected chi connectivity index (χ1v) is 10.0. The smallest absolute Gasteiger partial charge is 0.261 e. The van der Waals surface area contributed by atoms with Crippen LogP contribution < -0.4 is 11.1 Å². The van der Waals surface area contributed by atoms with E-state index >= 15 is 0 Å². The van der Waals surface area contributed by atoms with E-state index in [4.69, 9.17) is 0 Å². The molecule has 2 aromatic heterocycles. The van der Waals surface area contributed by atoms with Crippen molar-refractivity contribution in [1.82, 2.24) is 19.0 Å². The van der Waals surface area contributed by atoms with Crippen LogP contribution in [0.5, 0.6) is 0 Å². The zero-order valence-electron chi connectivity index (χ0n) is 16.5. The van der Waals surface area contributed by atoms with Gasteiger partial charge < -0.3 is 9.47 Å². The van der Waals surface area contributed by atoms with Crippen LogP contribution >= 0.6 is 0 Å². The first-order valence-electron chi connectivity index (χ1n) is 10.0. The van der Waals surface area contributed by atoms with Crippen molar-refractivity contribution in [3.8, 4) is 0 Å². The lowest BCUT2D eigenvalue weighted by atomic mass is 9.83. The molecule has 0 N–H and O–H groups in total. The van der Waals surface area contributed by atoms with E-state index in [0.717, 1.165) is 18.2 Å². The molecule has 1 amide bonds. The maximum absolute atomic E-state index is 13.6. The summed E-state index contributed by atoms with van der Waals surface area (Å²) >= 11 is 0. The van der Waals surface area contributed by atoms with Crippen molar-refractivity contribution in [3.05, 3.63) is 74.4 Å². The molecule has 4 heterocycles. The normalized spacial score (nSPS) is 20.3. The second-order valence-electron chi connectivity index (χ2n) is 8.21. The van der Waals surface area contributed by atoms with Crippen LogP contribution in [0.25, 0.3) is 10.9 Å². The zero-order chi connectivity index (χ0) is 21.0. The Balaban J connectivity index is 1.43. The van der Waals surface area contributed by atoms with Crippen LogP contribution in [0, 0.1) is 18.7 Å². The number of amides is 1. The molecule has 2 bridgehead atoms. The molecule has 154 valence electrons. The number of nitrogens with zero attached hydrogens (tertiary/aromatic N) is 4. The maximum atomic E-state index is 13.6. The quantitative estimate of drug-likeness (QED) is 0.646. The molecular weight excluding hydrogens is 387 g/mol. The molecule has 2 atom stereocenters. The van der Waals surface area contributed by atoms with Gasteiger partial charge in [0.05, 0.1) is 10.9 Å². The van der Waals surface area contributed by atoms with Crippen molar-refractivity contribution in [2.45, 2.75) is 32.4 Å². The molecule has 1 fully saturated rings. The molecule has 30 heavy (non-hydrogen) atoms. The number of fused-ring (bicyclic) bond motifs is 5. The number of likely N-dealkylation sites (tertiary alicyclic amines) is 1.